The molecule has 2 aromatic rings. The van der Waals surface area contributed by atoms with Gasteiger partial charge in [-0.25, -0.2) is 0 Å². The maximum Gasteiger partial charge on any atom is 0.0462 e. The summed E-state index contributed by atoms with van der Waals surface area (Å²) >= 11 is 1.92. The fraction of sp³-hybridized carbons (Fsp3) is 0.462. The molecule has 1 nitrogen and oxygen atoms in total. The number of hydrogen-bond donors (Lipinski definition) is 0. The quantitative estimate of drug-likeness (QED) is 0.695. The van der Waals surface area contributed by atoms with Crippen LogP contribution in [-0.2, 0) is 0 Å². The van der Waals surface area contributed by atoms with Gasteiger partial charge in [-0.2, -0.15) is 0 Å². The molecule has 0 amide bonds. The third-order valence-corrected chi connectivity index (χ3v) is 4.48. The van der Waals surface area contributed by atoms with E-state index in [1.807, 2.05) is 11.3 Å². The maximum absolute atomic E-state index is 4.58. The van der Waals surface area contributed by atoms with Crippen molar-refractivity contribution in [1.29, 1.82) is 0 Å². The van der Waals surface area contributed by atoms with Crippen molar-refractivity contribution >= 4 is 21.4 Å². The molecule has 2 heteroatoms. The Bertz CT molecular complexity index is 509. The lowest BCUT2D eigenvalue weighted by Crippen LogP contribution is -1.90. The standard InChI is InChI=1S/C13H17NS/c1-7(2)12-6-11-10(5)14-9(4)8(3)13(11)15-12/h6-7H,1-5H3. The summed E-state index contributed by atoms with van der Waals surface area (Å²) in [4.78, 5) is 6.04. The van der Waals surface area contributed by atoms with Gasteiger partial charge in [0.1, 0.15) is 0 Å². The Labute approximate surface area is 95.2 Å². The summed E-state index contributed by atoms with van der Waals surface area (Å²) in [6.07, 6.45) is 0. The molecule has 0 aliphatic heterocycles. The molecule has 0 radical (unpaired) electrons. The van der Waals surface area contributed by atoms with Gasteiger partial charge in [-0.15, -0.1) is 11.3 Å². The zero-order valence-electron chi connectivity index (χ0n) is 10.0. The van der Waals surface area contributed by atoms with Crippen LogP contribution in [0, 0.1) is 20.8 Å². The Morgan fingerprint density at radius 1 is 1.13 bits per heavy atom. The van der Waals surface area contributed by atoms with Crippen molar-refractivity contribution in [2.24, 2.45) is 0 Å². The number of fused-ring (bicyclic) bond motifs is 1. The van der Waals surface area contributed by atoms with E-state index in [1.54, 1.807) is 0 Å². The van der Waals surface area contributed by atoms with Gasteiger partial charge in [-0.05, 0) is 38.3 Å². The van der Waals surface area contributed by atoms with Gasteiger partial charge in [0.25, 0.3) is 0 Å². The molecule has 0 aliphatic rings. The number of hydrogen-bond acceptors (Lipinski definition) is 2. The minimum Gasteiger partial charge on any atom is -0.257 e. The van der Waals surface area contributed by atoms with Crippen LogP contribution in [0.3, 0.4) is 0 Å². The first-order valence-electron chi connectivity index (χ1n) is 5.38. The molecule has 0 N–H and O–H groups in total. The lowest BCUT2D eigenvalue weighted by molar-refractivity contribution is 0.890. The molecule has 2 rings (SSSR count). The zero-order chi connectivity index (χ0) is 11.2. The summed E-state index contributed by atoms with van der Waals surface area (Å²) in [6.45, 7) is 10.9. The van der Waals surface area contributed by atoms with Crippen molar-refractivity contribution in [3.8, 4) is 0 Å². The van der Waals surface area contributed by atoms with Gasteiger partial charge in [0.15, 0.2) is 0 Å². The molecule has 2 aromatic heterocycles. The lowest BCUT2D eigenvalue weighted by Gasteiger charge is -2.02. The summed E-state index contributed by atoms with van der Waals surface area (Å²) in [5, 5.41) is 1.34. The van der Waals surface area contributed by atoms with Crippen LogP contribution in [0.25, 0.3) is 10.1 Å². The van der Waals surface area contributed by atoms with Crippen LogP contribution in [0.4, 0.5) is 0 Å². The van der Waals surface area contributed by atoms with Crippen LogP contribution in [0.2, 0.25) is 0 Å². The Morgan fingerprint density at radius 2 is 1.80 bits per heavy atom. The van der Waals surface area contributed by atoms with Crippen molar-refractivity contribution in [3.05, 3.63) is 27.9 Å². The predicted molar refractivity (Wildman–Crippen MR) is 67.9 cm³/mol. The van der Waals surface area contributed by atoms with E-state index in [2.05, 4.69) is 45.7 Å². The number of aromatic nitrogens is 1. The van der Waals surface area contributed by atoms with Crippen molar-refractivity contribution in [1.82, 2.24) is 4.98 Å². The second-order valence-electron chi connectivity index (χ2n) is 4.45. The van der Waals surface area contributed by atoms with Crippen molar-refractivity contribution < 1.29 is 0 Å². The average Bonchev–Trinajstić information content (AvgIpc) is 2.59. The molecule has 0 unspecified atom stereocenters. The number of thiophene rings is 1. The van der Waals surface area contributed by atoms with E-state index >= 15 is 0 Å². The van der Waals surface area contributed by atoms with Crippen LogP contribution in [0.15, 0.2) is 6.07 Å². The van der Waals surface area contributed by atoms with Crippen molar-refractivity contribution in [2.45, 2.75) is 40.5 Å². The normalized spacial score (nSPS) is 11.6. The second kappa shape index (κ2) is 3.60. The summed E-state index contributed by atoms with van der Waals surface area (Å²) in [5.74, 6) is 0.613. The molecule has 0 atom stereocenters. The molecule has 0 aromatic carbocycles. The van der Waals surface area contributed by atoms with Crippen LogP contribution >= 0.6 is 11.3 Å². The highest BCUT2D eigenvalue weighted by Gasteiger charge is 2.11. The summed E-state index contributed by atoms with van der Waals surface area (Å²) < 4.78 is 1.42. The van der Waals surface area contributed by atoms with Gasteiger partial charge in [-0.3, -0.25) is 4.98 Å². The van der Waals surface area contributed by atoms with Crippen molar-refractivity contribution in [2.75, 3.05) is 0 Å². The van der Waals surface area contributed by atoms with Gasteiger partial charge < -0.3 is 0 Å². The number of nitrogens with zero attached hydrogens (tertiary/aromatic N) is 1. The highest BCUT2D eigenvalue weighted by molar-refractivity contribution is 7.19. The van der Waals surface area contributed by atoms with Crippen LogP contribution in [0.5, 0.6) is 0 Å². The molecule has 80 valence electrons. The topological polar surface area (TPSA) is 12.9 Å². The monoisotopic (exact) mass is 219 g/mol. The molecular formula is C13H17NS. The first kappa shape index (κ1) is 10.6. The first-order valence-corrected chi connectivity index (χ1v) is 6.19. The van der Waals surface area contributed by atoms with Gasteiger partial charge in [-0.1, -0.05) is 13.8 Å². The van der Waals surface area contributed by atoms with E-state index < -0.39 is 0 Å². The Kier molecular flexibility index (Phi) is 2.55. The highest BCUT2D eigenvalue weighted by Crippen LogP contribution is 2.34. The zero-order valence-corrected chi connectivity index (χ0v) is 10.8. The van der Waals surface area contributed by atoms with Crippen LogP contribution in [0.1, 0.15) is 41.6 Å². The summed E-state index contributed by atoms with van der Waals surface area (Å²) in [7, 11) is 0. The van der Waals surface area contributed by atoms with E-state index in [9.17, 15) is 0 Å². The second-order valence-corrected chi connectivity index (χ2v) is 5.54. The molecular weight excluding hydrogens is 202 g/mol. The Balaban J connectivity index is 2.80. The molecule has 0 spiro atoms. The minimum absolute atomic E-state index is 0.613. The van der Waals surface area contributed by atoms with Gasteiger partial charge in [0.05, 0.1) is 0 Å². The highest BCUT2D eigenvalue weighted by atomic mass is 32.1. The largest absolute Gasteiger partial charge is 0.257 e. The van der Waals surface area contributed by atoms with E-state index in [0.29, 0.717) is 5.92 Å². The van der Waals surface area contributed by atoms with Gasteiger partial charge >= 0.3 is 0 Å². The first-order chi connectivity index (χ1) is 7.00. The van der Waals surface area contributed by atoms with E-state index in [1.165, 1.54) is 20.5 Å². The lowest BCUT2D eigenvalue weighted by atomic mass is 10.1. The smallest absolute Gasteiger partial charge is 0.0462 e. The van der Waals surface area contributed by atoms with Crippen LogP contribution in [-0.4, -0.2) is 4.98 Å². The third kappa shape index (κ3) is 1.67. The van der Waals surface area contributed by atoms with E-state index in [4.69, 9.17) is 0 Å². The summed E-state index contributed by atoms with van der Waals surface area (Å²) in [5.41, 5.74) is 3.67. The Morgan fingerprint density at radius 3 is 2.40 bits per heavy atom. The third-order valence-electron chi connectivity index (χ3n) is 2.93. The van der Waals surface area contributed by atoms with Gasteiger partial charge in [0.2, 0.25) is 0 Å². The minimum atomic E-state index is 0.613. The average molecular weight is 219 g/mol. The summed E-state index contributed by atoms with van der Waals surface area (Å²) in [6, 6.07) is 2.30. The predicted octanol–water partition coefficient (Wildman–Crippen LogP) is 4.34. The molecule has 0 saturated carbocycles. The Hall–Kier alpha value is -0.890. The molecule has 2 heterocycles. The fourth-order valence-electron chi connectivity index (χ4n) is 1.80. The molecule has 15 heavy (non-hydrogen) atoms. The number of pyridine rings is 1. The number of aryl methyl sites for hydroxylation is 3. The molecule has 0 bridgehead atoms. The molecule has 0 fully saturated rings. The fourth-order valence-corrected chi connectivity index (χ4v) is 3.07. The number of rotatable bonds is 1. The molecule has 0 aliphatic carbocycles. The van der Waals surface area contributed by atoms with Crippen molar-refractivity contribution in [3.63, 3.8) is 0 Å². The van der Waals surface area contributed by atoms with Gasteiger partial charge in [0, 0.05) is 26.4 Å². The van der Waals surface area contributed by atoms with E-state index in [-0.39, 0.29) is 0 Å². The van der Waals surface area contributed by atoms with E-state index in [0.717, 1.165) is 11.4 Å². The SMILES string of the molecule is Cc1nc(C)c2cc(C(C)C)sc2c1C. The van der Waals surface area contributed by atoms with Crippen LogP contribution < -0.4 is 0 Å². The molecule has 0 saturated heterocycles. The maximum atomic E-state index is 4.58.